The third-order valence-electron chi connectivity index (χ3n) is 4.49. The van der Waals surface area contributed by atoms with Crippen molar-refractivity contribution in [2.24, 2.45) is 17.3 Å². The van der Waals surface area contributed by atoms with Gasteiger partial charge in [0.05, 0.1) is 0 Å². The summed E-state index contributed by atoms with van der Waals surface area (Å²) < 4.78 is 0. The lowest BCUT2D eigenvalue weighted by atomic mass is 9.78. The van der Waals surface area contributed by atoms with Gasteiger partial charge in [-0.3, -0.25) is 0 Å². The summed E-state index contributed by atoms with van der Waals surface area (Å²) in [7, 11) is 2.11. The van der Waals surface area contributed by atoms with Crippen LogP contribution in [0.5, 0.6) is 0 Å². The molecule has 0 bridgehead atoms. The van der Waals surface area contributed by atoms with E-state index in [1.54, 1.807) is 4.88 Å². The number of nitrogens with one attached hydrogen (secondary N) is 1. The maximum Gasteiger partial charge on any atom is 0.00454 e. The first-order valence-corrected chi connectivity index (χ1v) is 7.36. The van der Waals surface area contributed by atoms with Gasteiger partial charge in [0.25, 0.3) is 0 Å². The van der Waals surface area contributed by atoms with Crippen LogP contribution in [-0.2, 0) is 6.42 Å². The molecule has 2 atom stereocenters. The second kappa shape index (κ2) is 4.15. The molecule has 88 valence electrons. The summed E-state index contributed by atoms with van der Waals surface area (Å²) >= 11 is 1.91. The SMILES string of the molecule is CNCC1(CCc2cccs2)CC2CC2C1. The van der Waals surface area contributed by atoms with E-state index >= 15 is 0 Å². The first-order chi connectivity index (χ1) is 7.81. The lowest BCUT2D eigenvalue weighted by Crippen LogP contribution is -2.31. The lowest BCUT2D eigenvalue weighted by Gasteiger charge is -2.30. The molecule has 0 saturated heterocycles. The fraction of sp³-hybridized carbons (Fsp3) is 0.714. The third kappa shape index (κ3) is 2.05. The summed E-state index contributed by atoms with van der Waals surface area (Å²) in [5, 5.41) is 5.63. The van der Waals surface area contributed by atoms with Crippen molar-refractivity contribution >= 4 is 11.3 Å². The number of fused-ring (bicyclic) bond motifs is 1. The molecule has 2 unspecified atom stereocenters. The molecule has 1 N–H and O–H groups in total. The Morgan fingerprint density at radius 2 is 2.25 bits per heavy atom. The Hall–Kier alpha value is -0.340. The van der Waals surface area contributed by atoms with Gasteiger partial charge >= 0.3 is 0 Å². The smallest absolute Gasteiger partial charge is 0.00454 e. The molecule has 0 aliphatic heterocycles. The summed E-state index contributed by atoms with van der Waals surface area (Å²) in [6, 6.07) is 4.46. The molecule has 1 aromatic rings. The highest BCUT2D eigenvalue weighted by Crippen LogP contribution is 2.61. The molecule has 2 aliphatic carbocycles. The molecule has 2 heteroatoms. The van der Waals surface area contributed by atoms with Crippen LogP contribution in [0.15, 0.2) is 17.5 Å². The van der Waals surface area contributed by atoms with E-state index in [2.05, 4.69) is 29.9 Å². The summed E-state index contributed by atoms with van der Waals surface area (Å²) in [6.45, 7) is 1.23. The average molecular weight is 235 g/mol. The Bertz CT molecular complexity index is 334. The van der Waals surface area contributed by atoms with Gasteiger partial charge in [-0.05, 0) is 67.8 Å². The van der Waals surface area contributed by atoms with Gasteiger partial charge in [0.2, 0.25) is 0 Å². The second-order valence-corrected chi connectivity index (χ2v) is 6.81. The summed E-state index contributed by atoms with van der Waals surface area (Å²) in [4.78, 5) is 1.57. The predicted octanol–water partition coefficient (Wildman–Crippen LogP) is 3.32. The molecule has 2 saturated carbocycles. The van der Waals surface area contributed by atoms with Crippen LogP contribution in [0.25, 0.3) is 0 Å². The van der Waals surface area contributed by atoms with Gasteiger partial charge in [-0.25, -0.2) is 0 Å². The molecular formula is C14H21NS. The highest BCUT2D eigenvalue weighted by molar-refractivity contribution is 7.09. The zero-order valence-corrected chi connectivity index (χ0v) is 10.9. The molecule has 0 amide bonds. The van der Waals surface area contributed by atoms with Crippen LogP contribution in [0.4, 0.5) is 0 Å². The largest absolute Gasteiger partial charge is 0.319 e. The predicted molar refractivity (Wildman–Crippen MR) is 69.8 cm³/mol. The van der Waals surface area contributed by atoms with Crippen molar-refractivity contribution in [3.05, 3.63) is 22.4 Å². The molecule has 0 aromatic carbocycles. The minimum atomic E-state index is 0.631. The average Bonchev–Trinajstić information content (AvgIpc) is 2.72. The third-order valence-corrected chi connectivity index (χ3v) is 5.43. The van der Waals surface area contributed by atoms with Crippen LogP contribution in [0.2, 0.25) is 0 Å². The molecule has 3 rings (SSSR count). The summed E-state index contributed by atoms with van der Waals surface area (Å²) in [5.74, 6) is 2.19. The zero-order valence-electron chi connectivity index (χ0n) is 10.0. The van der Waals surface area contributed by atoms with Gasteiger partial charge < -0.3 is 5.32 Å². The molecule has 1 heterocycles. The molecule has 1 aromatic heterocycles. The first kappa shape index (κ1) is 10.8. The normalized spacial score (nSPS) is 36.3. The molecule has 1 nitrogen and oxygen atoms in total. The van der Waals surface area contributed by atoms with E-state index in [0.29, 0.717) is 5.41 Å². The van der Waals surface area contributed by atoms with E-state index in [-0.39, 0.29) is 0 Å². The number of rotatable bonds is 5. The number of hydrogen-bond acceptors (Lipinski definition) is 2. The Balaban J connectivity index is 1.61. The highest BCUT2D eigenvalue weighted by Gasteiger charge is 2.52. The van der Waals surface area contributed by atoms with Crippen LogP contribution in [0.3, 0.4) is 0 Å². The first-order valence-electron chi connectivity index (χ1n) is 6.48. The van der Waals surface area contributed by atoms with Gasteiger partial charge in [0.15, 0.2) is 0 Å². The van der Waals surface area contributed by atoms with E-state index in [9.17, 15) is 0 Å². The summed E-state index contributed by atoms with van der Waals surface area (Å²) in [5.41, 5.74) is 0.631. The van der Waals surface area contributed by atoms with Crippen molar-refractivity contribution < 1.29 is 0 Å². The Kier molecular flexibility index (Phi) is 2.80. The monoisotopic (exact) mass is 235 g/mol. The van der Waals surface area contributed by atoms with Crippen LogP contribution in [0.1, 0.15) is 30.6 Å². The number of aryl methyl sites for hydroxylation is 1. The van der Waals surface area contributed by atoms with Crippen molar-refractivity contribution in [2.45, 2.75) is 32.1 Å². The minimum Gasteiger partial charge on any atom is -0.319 e. The molecule has 16 heavy (non-hydrogen) atoms. The van der Waals surface area contributed by atoms with Crippen molar-refractivity contribution in [3.8, 4) is 0 Å². The van der Waals surface area contributed by atoms with Crippen LogP contribution >= 0.6 is 11.3 Å². The fourth-order valence-electron chi connectivity index (χ4n) is 3.66. The quantitative estimate of drug-likeness (QED) is 0.825. The minimum absolute atomic E-state index is 0.631. The van der Waals surface area contributed by atoms with Crippen molar-refractivity contribution in [1.29, 1.82) is 0 Å². The Morgan fingerprint density at radius 1 is 1.44 bits per heavy atom. The maximum absolute atomic E-state index is 3.43. The van der Waals surface area contributed by atoms with Crippen LogP contribution < -0.4 is 5.32 Å². The molecule has 2 aliphatic rings. The van der Waals surface area contributed by atoms with E-state index in [1.807, 2.05) is 11.3 Å². The van der Waals surface area contributed by atoms with Gasteiger partial charge in [-0.2, -0.15) is 0 Å². The van der Waals surface area contributed by atoms with Crippen molar-refractivity contribution in [2.75, 3.05) is 13.6 Å². The highest BCUT2D eigenvalue weighted by atomic mass is 32.1. The van der Waals surface area contributed by atoms with Gasteiger partial charge in [0.1, 0.15) is 0 Å². The standard InChI is InChI=1S/C14H21NS/c1-15-10-14(8-11-7-12(11)9-14)5-4-13-3-2-6-16-13/h2-3,6,11-12,15H,4-5,7-10H2,1H3. The van der Waals surface area contributed by atoms with Gasteiger partial charge in [-0.1, -0.05) is 6.07 Å². The number of hydrogen-bond donors (Lipinski definition) is 1. The van der Waals surface area contributed by atoms with E-state index in [1.165, 1.54) is 38.6 Å². The summed E-state index contributed by atoms with van der Waals surface area (Å²) in [6.07, 6.45) is 7.19. The Labute approximate surface area is 102 Å². The molecule has 0 spiro atoms. The fourth-order valence-corrected chi connectivity index (χ4v) is 4.37. The maximum atomic E-state index is 3.43. The van der Waals surface area contributed by atoms with Gasteiger partial charge in [-0.15, -0.1) is 11.3 Å². The second-order valence-electron chi connectivity index (χ2n) is 5.77. The van der Waals surface area contributed by atoms with Crippen LogP contribution in [-0.4, -0.2) is 13.6 Å². The van der Waals surface area contributed by atoms with Gasteiger partial charge in [0, 0.05) is 11.4 Å². The zero-order chi connectivity index (χ0) is 11.0. The van der Waals surface area contributed by atoms with E-state index in [4.69, 9.17) is 0 Å². The number of thiophene rings is 1. The van der Waals surface area contributed by atoms with Crippen molar-refractivity contribution in [3.63, 3.8) is 0 Å². The van der Waals surface area contributed by atoms with Crippen LogP contribution in [0, 0.1) is 17.3 Å². The molecular weight excluding hydrogens is 214 g/mol. The van der Waals surface area contributed by atoms with E-state index < -0.39 is 0 Å². The van der Waals surface area contributed by atoms with E-state index in [0.717, 1.165) is 11.8 Å². The molecule has 2 fully saturated rings. The lowest BCUT2D eigenvalue weighted by molar-refractivity contribution is 0.237. The Morgan fingerprint density at radius 3 is 2.88 bits per heavy atom. The van der Waals surface area contributed by atoms with Crippen molar-refractivity contribution in [1.82, 2.24) is 5.32 Å². The molecule has 0 radical (unpaired) electrons. The topological polar surface area (TPSA) is 12.0 Å².